The minimum Gasteiger partial charge on any atom is -0.390 e. The van der Waals surface area contributed by atoms with E-state index in [4.69, 9.17) is 4.74 Å². The van der Waals surface area contributed by atoms with Crippen molar-refractivity contribution in [2.45, 2.75) is 45.2 Å². The normalized spacial score (nSPS) is 14.8. The van der Waals surface area contributed by atoms with Crippen molar-refractivity contribution < 1.29 is 14.6 Å². The number of benzene rings is 1. The van der Waals surface area contributed by atoms with Gasteiger partial charge in [-0.2, -0.15) is 0 Å². The van der Waals surface area contributed by atoms with E-state index in [1.54, 1.807) is 6.92 Å². The van der Waals surface area contributed by atoms with E-state index < -0.39 is 12.0 Å². The first-order valence-electron chi connectivity index (χ1n) is 6.82. The van der Waals surface area contributed by atoms with Gasteiger partial charge in [0.05, 0.1) is 25.2 Å². The number of carbonyl (C=O) groups is 1. The van der Waals surface area contributed by atoms with Crippen LogP contribution in [0.4, 0.5) is 0 Å². The minimum atomic E-state index is -0.763. The quantitative estimate of drug-likeness (QED) is 0.875. The zero-order chi connectivity index (χ0) is 15.2. The fourth-order valence-corrected chi connectivity index (χ4v) is 2.51. The fraction of sp³-hybridized carbons (Fsp3) is 0.562. The molecule has 3 nitrogen and oxygen atoms in total. The molecule has 1 rings (SSSR count). The Kier molecular flexibility index (Phi) is 6.72. The van der Waals surface area contributed by atoms with E-state index in [1.807, 2.05) is 51.1 Å². The van der Waals surface area contributed by atoms with Crippen molar-refractivity contribution in [3.63, 3.8) is 0 Å². The molecule has 20 heavy (non-hydrogen) atoms. The maximum Gasteiger partial charge on any atom is 0.194 e. The van der Waals surface area contributed by atoms with Gasteiger partial charge in [0.25, 0.3) is 0 Å². The molecule has 0 radical (unpaired) electrons. The molecule has 0 saturated heterocycles. The number of ether oxygens (including phenoxy) is 1. The third-order valence-corrected chi connectivity index (χ3v) is 3.94. The molecule has 0 amide bonds. The van der Waals surface area contributed by atoms with E-state index >= 15 is 0 Å². The first kappa shape index (κ1) is 17.2. The van der Waals surface area contributed by atoms with Gasteiger partial charge in [0.2, 0.25) is 0 Å². The molecule has 0 spiro atoms. The second-order valence-electron chi connectivity index (χ2n) is 5.89. The van der Waals surface area contributed by atoms with Gasteiger partial charge in [-0.25, -0.2) is 0 Å². The van der Waals surface area contributed by atoms with Crippen molar-refractivity contribution in [3.05, 3.63) is 35.9 Å². The number of aliphatic hydroxyl groups excluding tert-OH is 1. The van der Waals surface area contributed by atoms with Crippen LogP contribution >= 0.6 is 11.8 Å². The number of hydrogen-bond donors (Lipinski definition) is 1. The summed E-state index contributed by atoms with van der Waals surface area (Å²) >= 11 is 1.27. The summed E-state index contributed by atoms with van der Waals surface area (Å²) in [6.07, 6.45) is -0.763. The predicted octanol–water partition coefficient (Wildman–Crippen LogP) is 3.26. The Hall–Kier alpha value is -0.840. The van der Waals surface area contributed by atoms with Crippen LogP contribution < -0.4 is 0 Å². The zero-order valence-electron chi connectivity index (χ0n) is 12.6. The van der Waals surface area contributed by atoms with Gasteiger partial charge in [-0.1, -0.05) is 69.8 Å². The van der Waals surface area contributed by atoms with Crippen LogP contribution in [0.1, 0.15) is 33.3 Å². The van der Waals surface area contributed by atoms with Gasteiger partial charge in [0.1, 0.15) is 0 Å². The summed E-state index contributed by atoms with van der Waals surface area (Å²) in [4.78, 5) is 12.0. The molecule has 0 saturated carbocycles. The molecule has 0 unspecified atom stereocenters. The Balaban J connectivity index is 2.35. The van der Waals surface area contributed by atoms with Crippen molar-refractivity contribution >= 4 is 16.9 Å². The Bertz CT molecular complexity index is 411. The van der Waals surface area contributed by atoms with Gasteiger partial charge in [-0.15, -0.1) is 0 Å². The van der Waals surface area contributed by atoms with Crippen LogP contribution in [0.2, 0.25) is 0 Å². The topological polar surface area (TPSA) is 46.5 Å². The second kappa shape index (κ2) is 7.81. The van der Waals surface area contributed by atoms with Crippen LogP contribution in [-0.2, 0) is 16.1 Å². The van der Waals surface area contributed by atoms with Crippen molar-refractivity contribution in [1.29, 1.82) is 0 Å². The SMILES string of the molecule is C[C@H](C(=O)SC(C)(C)C)[C@@H](O)COCc1ccccc1. The Morgan fingerprint density at radius 2 is 1.90 bits per heavy atom. The Morgan fingerprint density at radius 1 is 1.30 bits per heavy atom. The van der Waals surface area contributed by atoms with Gasteiger partial charge >= 0.3 is 0 Å². The summed E-state index contributed by atoms with van der Waals surface area (Å²) < 4.78 is 5.34. The van der Waals surface area contributed by atoms with Crippen molar-refractivity contribution in [3.8, 4) is 0 Å². The molecular formula is C16H24O3S. The summed E-state index contributed by atoms with van der Waals surface area (Å²) in [6.45, 7) is 8.33. The van der Waals surface area contributed by atoms with Crippen LogP contribution in [0.15, 0.2) is 30.3 Å². The van der Waals surface area contributed by atoms with Gasteiger partial charge in [-0.05, 0) is 5.56 Å². The molecule has 0 aliphatic carbocycles. The lowest BCUT2D eigenvalue weighted by molar-refractivity contribution is -0.118. The van der Waals surface area contributed by atoms with Gasteiger partial charge < -0.3 is 9.84 Å². The van der Waals surface area contributed by atoms with Gasteiger partial charge in [-0.3, -0.25) is 4.79 Å². The number of rotatable bonds is 6. The van der Waals surface area contributed by atoms with Gasteiger partial charge in [0, 0.05) is 4.75 Å². The summed E-state index contributed by atoms with van der Waals surface area (Å²) in [7, 11) is 0. The second-order valence-corrected chi connectivity index (χ2v) is 7.72. The molecule has 0 bridgehead atoms. The molecule has 4 heteroatoms. The molecule has 1 aromatic carbocycles. The fourth-order valence-electron chi connectivity index (χ4n) is 1.57. The highest BCUT2D eigenvalue weighted by Crippen LogP contribution is 2.28. The van der Waals surface area contributed by atoms with Gasteiger partial charge in [0.15, 0.2) is 5.12 Å². The molecule has 0 aliphatic rings. The number of carbonyl (C=O) groups excluding carboxylic acids is 1. The van der Waals surface area contributed by atoms with Crippen molar-refractivity contribution in [2.24, 2.45) is 5.92 Å². The predicted molar refractivity (Wildman–Crippen MR) is 83.6 cm³/mol. The summed E-state index contributed by atoms with van der Waals surface area (Å²) in [5.74, 6) is -0.421. The van der Waals surface area contributed by atoms with Crippen LogP contribution in [0.25, 0.3) is 0 Å². The third kappa shape index (κ3) is 6.55. The summed E-state index contributed by atoms with van der Waals surface area (Å²) in [5, 5.41) is 10.0. The van der Waals surface area contributed by atoms with Crippen LogP contribution in [0.3, 0.4) is 0 Å². The lowest BCUT2D eigenvalue weighted by Crippen LogP contribution is -2.30. The van der Waals surface area contributed by atoms with Crippen LogP contribution in [0.5, 0.6) is 0 Å². The standard InChI is InChI=1S/C16H24O3S/c1-12(15(18)20-16(2,3)4)14(17)11-19-10-13-8-6-5-7-9-13/h5-9,12,14,17H,10-11H2,1-4H3/t12-,14-/m0/s1. The Morgan fingerprint density at radius 3 is 2.45 bits per heavy atom. The summed E-state index contributed by atoms with van der Waals surface area (Å²) in [6, 6.07) is 9.78. The first-order valence-corrected chi connectivity index (χ1v) is 7.64. The average molecular weight is 296 g/mol. The third-order valence-electron chi connectivity index (χ3n) is 2.76. The van der Waals surface area contributed by atoms with E-state index in [9.17, 15) is 9.90 Å². The highest BCUT2D eigenvalue weighted by molar-refractivity contribution is 8.14. The maximum atomic E-state index is 12.0. The minimum absolute atomic E-state index is 0.00770. The lowest BCUT2D eigenvalue weighted by atomic mass is 10.1. The average Bonchev–Trinajstić information content (AvgIpc) is 2.37. The summed E-state index contributed by atoms with van der Waals surface area (Å²) in [5.41, 5.74) is 1.06. The zero-order valence-corrected chi connectivity index (χ0v) is 13.4. The number of hydrogen-bond acceptors (Lipinski definition) is 4. The monoisotopic (exact) mass is 296 g/mol. The lowest BCUT2D eigenvalue weighted by Gasteiger charge is -2.22. The molecular weight excluding hydrogens is 272 g/mol. The van der Waals surface area contributed by atoms with E-state index in [-0.39, 0.29) is 16.5 Å². The molecule has 1 aromatic rings. The molecule has 2 atom stereocenters. The first-order chi connectivity index (χ1) is 9.29. The number of thioether (sulfide) groups is 1. The highest BCUT2D eigenvalue weighted by Gasteiger charge is 2.26. The molecule has 0 aliphatic heterocycles. The van der Waals surface area contributed by atoms with E-state index in [0.29, 0.717) is 6.61 Å². The molecule has 0 heterocycles. The van der Waals surface area contributed by atoms with E-state index in [1.165, 1.54) is 11.8 Å². The smallest absolute Gasteiger partial charge is 0.194 e. The molecule has 0 fully saturated rings. The molecule has 1 N–H and O–H groups in total. The van der Waals surface area contributed by atoms with Crippen molar-refractivity contribution in [2.75, 3.05) is 6.61 Å². The van der Waals surface area contributed by atoms with Crippen LogP contribution in [0, 0.1) is 5.92 Å². The van der Waals surface area contributed by atoms with Crippen LogP contribution in [-0.4, -0.2) is 27.7 Å². The largest absolute Gasteiger partial charge is 0.390 e. The molecule has 0 aromatic heterocycles. The highest BCUT2D eigenvalue weighted by atomic mass is 32.2. The number of aliphatic hydroxyl groups is 1. The van der Waals surface area contributed by atoms with Crippen molar-refractivity contribution in [1.82, 2.24) is 0 Å². The van der Waals surface area contributed by atoms with E-state index in [0.717, 1.165) is 5.56 Å². The molecule has 112 valence electrons. The van der Waals surface area contributed by atoms with E-state index in [2.05, 4.69) is 0 Å². The maximum absolute atomic E-state index is 12.0. The Labute approximate surface area is 125 Å².